The topological polar surface area (TPSA) is 55.8 Å². The summed E-state index contributed by atoms with van der Waals surface area (Å²) in [4.78, 5) is 6.91. The van der Waals surface area contributed by atoms with E-state index < -0.39 is 0 Å². The fourth-order valence-electron chi connectivity index (χ4n) is 2.90. The molecular formula is C15H22N4O. The summed E-state index contributed by atoms with van der Waals surface area (Å²) in [5, 5.41) is 0. The number of morpholine rings is 1. The Labute approximate surface area is 119 Å². The van der Waals surface area contributed by atoms with Gasteiger partial charge in [0.05, 0.1) is 24.6 Å². The third kappa shape index (κ3) is 2.44. The number of rotatable bonds is 3. The fraction of sp³-hybridized carbons (Fsp3) is 0.533. The summed E-state index contributed by atoms with van der Waals surface area (Å²) in [5.41, 5.74) is 9.43. The highest BCUT2D eigenvalue weighted by atomic mass is 16.5. The molecule has 1 fully saturated rings. The lowest BCUT2D eigenvalue weighted by Crippen LogP contribution is -2.58. The van der Waals surface area contributed by atoms with Crippen LogP contribution in [-0.4, -0.2) is 46.3 Å². The molecule has 2 aromatic rings. The van der Waals surface area contributed by atoms with Gasteiger partial charge in [-0.15, -0.1) is 0 Å². The SMILES string of the molecule is Cc1nc2ccccn2c1CC(C)(N)N1CCOCC1. The van der Waals surface area contributed by atoms with Crippen molar-refractivity contribution < 1.29 is 4.74 Å². The molecular weight excluding hydrogens is 252 g/mol. The minimum Gasteiger partial charge on any atom is -0.379 e. The van der Waals surface area contributed by atoms with Crippen molar-refractivity contribution in [3.8, 4) is 0 Å². The van der Waals surface area contributed by atoms with E-state index in [1.54, 1.807) is 0 Å². The molecule has 1 saturated heterocycles. The standard InChI is InChI=1S/C15H22N4O/c1-12-13(19-6-4-3-5-14(19)17-12)11-15(2,16)18-7-9-20-10-8-18/h3-6H,7-11,16H2,1-2H3. The number of aryl methyl sites for hydroxylation is 1. The number of hydrogen-bond donors (Lipinski definition) is 1. The highest BCUT2D eigenvalue weighted by Gasteiger charge is 2.30. The fourth-order valence-corrected chi connectivity index (χ4v) is 2.90. The molecule has 108 valence electrons. The zero-order valence-electron chi connectivity index (χ0n) is 12.2. The summed E-state index contributed by atoms with van der Waals surface area (Å²) in [6, 6.07) is 6.06. The third-order valence-corrected chi connectivity index (χ3v) is 4.09. The number of pyridine rings is 1. The van der Waals surface area contributed by atoms with E-state index in [2.05, 4.69) is 34.3 Å². The predicted molar refractivity (Wildman–Crippen MR) is 78.6 cm³/mol. The first-order valence-electron chi connectivity index (χ1n) is 7.12. The van der Waals surface area contributed by atoms with Crippen molar-refractivity contribution in [3.05, 3.63) is 35.8 Å². The molecule has 0 amide bonds. The van der Waals surface area contributed by atoms with Gasteiger partial charge < -0.3 is 14.9 Å². The molecule has 0 spiro atoms. The Morgan fingerprint density at radius 2 is 2.10 bits per heavy atom. The van der Waals surface area contributed by atoms with Gasteiger partial charge in [0.25, 0.3) is 0 Å². The van der Waals surface area contributed by atoms with Crippen molar-refractivity contribution >= 4 is 5.65 Å². The van der Waals surface area contributed by atoms with E-state index >= 15 is 0 Å². The first-order valence-corrected chi connectivity index (χ1v) is 7.12. The molecule has 0 bridgehead atoms. The van der Waals surface area contributed by atoms with Crippen LogP contribution in [0.15, 0.2) is 24.4 Å². The predicted octanol–water partition coefficient (Wildman–Crippen LogP) is 1.19. The second kappa shape index (κ2) is 5.16. The quantitative estimate of drug-likeness (QED) is 0.913. The van der Waals surface area contributed by atoms with Crippen LogP contribution in [0.1, 0.15) is 18.3 Å². The first-order chi connectivity index (χ1) is 9.58. The molecule has 2 aromatic heterocycles. The van der Waals surface area contributed by atoms with Gasteiger partial charge in [0.1, 0.15) is 5.65 Å². The molecule has 5 heteroatoms. The summed E-state index contributed by atoms with van der Waals surface area (Å²) in [6.07, 6.45) is 2.84. The average molecular weight is 274 g/mol. The van der Waals surface area contributed by atoms with Gasteiger partial charge in [-0.3, -0.25) is 4.90 Å². The molecule has 1 aliphatic rings. The zero-order valence-corrected chi connectivity index (χ0v) is 12.2. The van der Waals surface area contributed by atoms with Crippen LogP contribution in [0.2, 0.25) is 0 Å². The van der Waals surface area contributed by atoms with Gasteiger partial charge in [-0.2, -0.15) is 0 Å². The van der Waals surface area contributed by atoms with Crippen LogP contribution < -0.4 is 5.73 Å². The number of fused-ring (bicyclic) bond motifs is 1. The van der Waals surface area contributed by atoms with E-state index in [1.165, 1.54) is 5.69 Å². The third-order valence-electron chi connectivity index (χ3n) is 4.09. The van der Waals surface area contributed by atoms with Gasteiger partial charge in [0.2, 0.25) is 0 Å². The van der Waals surface area contributed by atoms with E-state index in [-0.39, 0.29) is 5.66 Å². The minimum atomic E-state index is -0.375. The zero-order chi connectivity index (χ0) is 14.2. The number of imidazole rings is 1. The Morgan fingerprint density at radius 3 is 2.85 bits per heavy atom. The summed E-state index contributed by atoms with van der Waals surface area (Å²) < 4.78 is 7.55. The minimum absolute atomic E-state index is 0.375. The molecule has 1 unspecified atom stereocenters. The second-order valence-corrected chi connectivity index (χ2v) is 5.71. The Hall–Kier alpha value is -1.43. The van der Waals surface area contributed by atoms with Crippen LogP contribution in [0, 0.1) is 6.92 Å². The lowest BCUT2D eigenvalue weighted by molar-refractivity contribution is -0.0146. The molecule has 5 nitrogen and oxygen atoms in total. The van der Waals surface area contributed by atoms with Crippen LogP contribution in [0.3, 0.4) is 0 Å². The lowest BCUT2D eigenvalue weighted by Gasteiger charge is -2.40. The molecule has 0 aliphatic carbocycles. The van der Waals surface area contributed by atoms with Crippen LogP contribution >= 0.6 is 0 Å². The normalized spacial score (nSPS) is 20.1. The highest BCUT2D eigenvalue weighted by molar-refractivity contribution is 5.43. The molecule has 20 heavy (non-hydrogen) atoms. The van der Waals surface area contributed by atoms with E-state index in [0.29, 0.717) is 0 Å². The smallest absolute Gasteiger partial charge is 0.137 e. The average Bonchev–Trinajstić information content (AvgIpc) is 2.76. The Kier molecular flexibility index (Phi) is 3.50. The van der Waals surface area contributed by atoms with E-state index in [0.717, 1.165) is 44.1 Å². The number of nitrogens with zero attached hydrogens (tertiary/aromatic N) is 3. The molecule has 1 aliphatic heterocycles. The van der Waals surface area contributed by atoms with E-state index in [1.807, 2.05) is 18.2 Å². The van der Waals surface area contributed by atoms with Crippen LogP contribution in [0.25, 0.3) is 5.65 Å². The Morgan fingerprint density at radius 1 is 1.35 bits per heavy atom. The maximum absolute atomic E-state index is 6.57. The molecule has 3 heterocycles. The van der Waals surface area contributed by atoms with Crippen molar-refractivity contribution in [1.29, 1.82) is 0 Å². The lowest BCUT2D eigenvalue weighted by atomic mass is 10.0. The van der Waals surface area contributed by atoms with Crippen LogP contribution in [-0.2, 0) is 11.2 Å². The van der Waals surface area contributed by atoms with E-state index in [4.69, 9.17) is 10.5 Å². The van der Waals surface area contributed by atoms with Crippen molar-refractivity contribution in [2.75, 3.05) is 26.3 Å². The molecule has 1 atom stereocenters. The number of ether oxygens (including phenoxy) is 1. The number of hydrogen-bond acceptors (Lipinski definition) is 4. The Balaban J connectivity index is 1.89. The van der Waals surface area contributed by atoms with Crippen molar-refractivity contribution in [1.82, 2.24) is 14.3 Å². The summed E-state index contributed by atoms with van der Waals surface area (Å²) >= 11 is 0. The van der Waals surface area contributed by atoms with Gasteiger partial charge in [-0.1, -0.05) is 6.07 Å². The van der Waals surface area contributed by atoms with Gasteiger partial charge in [0, 0.05) is 31.4 Å². The monoisotopic (exact) mass is 274 g/mol. The maximum atomic E-state index is 6.57. The molecule has 0 saturated carbocycles. The summed E-state index contributed by atoms with van der Waals surface area (Å²) in [7, 11) is 0. The van der Waals surface area contributed by atoms with E-state index in [9.17, 15) is 0 Å². The highest BCUT2D eigenvalue weighted by Crippen LogP contribution is 2.20. The molecule has 3 rings (SSSR count). The van der Waals surface area contributed by atoms with Crippen LogP contribution in [0.4, 0.5) is 0 Å². The van der Waals surface area contributed by atoms with Crippen molar-refractivity contribution in [2.45, 2.75) is 25.9 Å². The molecule has 0 radical (unpaired) electrons. The van der Waals surface area contributed by atoms with Gasteiger partial charge in [-0.25, -0.2) is 4.98 Å². The second-order valence-electron chi connectivity index (χ2n) is 5.71. The van der Waals surface area contributed by atoms with Crippen molar-refractivity contribution in [3.63, 3.8) is 0 Å². The molecule has 2 N–H and O–H groups in total. The maximum Gasteiger partial charge on any atom is 0.137 e. The number of aromatic nitrogens is 2. The number of nitrogens with two attached hydrogens (primary N) is 1. The van der Waals surface area contributed by atoms with Gasteiger partial charge in [0.15, 0.2) is 0 Å². The largest absolute Gasteiger partial charge is 0.379 e. The van der Waals surface area contributed by atoms with Gasteiger partial charge >= 0.3 is 0 Å². The summed E-state index contributed by atoms with van der Waals surface area (Å²) in [5.74, 6) is 0. The van der Waals surface area contributed by atoms with Gasteiger partial charge in [-0.05, 0) is 26.0 Å². The Bertz CT molecular complexity index is 599. The summed E-state index contributed by atoms with van der Waals surface area (Å²) in [6.45, 7) is 7.46. The first kappa shape index (κ1) is 13.5. The van der Waals surface area contributed by atoms with Crippen LogP contribution in [0.5, 0.6) is 0 Å². The van der Waals surface area contributed by atoms with Crippen molar-refractivity contribution in [2.24, 2.45) is 5.73 Å². The molecule has 0 aromatic carbocycles.